The Hall–Kier alpha value is -1.57. The molecule has 1 N–H and O–H groups in total. The van der Waals surface area contributed by atoms with Crippen molar-refractivity contribution in [2.45, 2.75) is 0 Å². The first-order valence-corrected chi connectivity index (χ1v) is 3.33. The second kappa shape index (κ2) is 2.23. The number of hydrogen-bond donors (Lipinski definition) is 1. The fraction of sp³-hybridized carbons (Fsp3) is 0. The minimum absolute atomic E-state index is 0.0416. The monoisotopic (exact) mass is 144 g/mol. The minimum Gasteiger partial charge on any atom is -0.493 e. The van der Waals surface area contributed by atoms with Crippen LogP contribution in [0.3, 0.4) is 0 Å². The summed E-state index contributed by atoms with van der Waals surface area (Å²) in [5.74, 6) is 0.0416. The van der Waals surface area contributed by atoms with E-state index in [0.29, 0.717) is 5.52 Å². The summed E-state index contributed by atoms with van der Waals surface area (Å²) in [6, 6.07) is 11.9. The van der Waals surface area contributed by atoms with Gasteiger partial charge in [0, 0.05) is 17.5 Å². The van der Waals surface area contributed by atoms with Gasteiger partial charge in [-0.2, -0.15) is 0 Å². The van der Waals surface area contributed by atoms with Crippen LogP contribution in [0.2, 0.25) is 0 Å². The molecule has 0 amide bonds. The molecule has 1 aromatic heterocycles. The lowest BCUT2D eigenvalue weighted by atomic mass is 10.2. The average molecular weight is 144 g/mol. The molecule has 1 aromatic carbocycles. The molecular formula is C9H6NO. The Morgan fingerprint density at radius 3 is 3.09 bits per heavy atom. The van der Waals surface area contributed by atoms with Gasteiger partial charge >= 0.3 is 0 Å². The van der Waals surface area contributed by atoms with E-state index < -0.39 is 0 Å². The quantitative estimate of drug-likeness (QED) is 0.611. The standard InChI is InChI=1S/C9H6NO/c11-9-6-5-7-3-1-2-4-8(7)10-9/h1-3,5-6H,(H,10,11). The van der Waals surface area contributed by atoms with Crippen molar-refractivity contribution < 1.29 is 5.11 Å². The first-order chi connectivity index (χ1) is 5.36. The lowest BCUT2D eigenvalue weighted by Gasteiger charge is -1.94. The Bertz CT molecular complexity index is 384. The first-order valence-electron chi connectivity index (χ1n) is 3.33. The molecule has 0 fully saturated rings. The fourth-order valence-electron chi connectivity index (χ4n) is 0.989. The third-order valence-electron chi connectivity index (χ3n) is 1.50. The van der Waals surface area contributed by atoms with E-state index in [2.05, 4.69) is 11.1 Å². The molecular weight excluding hydrogens is 138 g/mol. The summed E-state index contributed by atoms with van der Waals surface area (Å²) in [5.41, 5.74) is 0.701. The topological polar surface area (TPSA) is 33.1 Å². The van der Waals surface area contributed by atoms with E-state index in [1.807, 2.05) is 18.2 Å². The van der Waals surface area contributed by atoms with Crippen molar-refractivity contribution in [2.75, 3.05) is 0 Å². The van der Waals surface area contributed by atoms with Crippen molar-refractivity contribution in [3.63, 3.8) is 0 Å². The minimum atomic E-state index is 0.0416. The van der Waals surface area contributed by atoms with E-state index >= 15 is 0 Å². The van der Waals surface area contributed by atoms with Crippen molar-refractivity contribution in [3.8, 4) is 5.88 Å². The van der Waals surface area contributed by atoms with E-state index in [-0.39, 0.29) is 5.88 Å². The smallest absolute Gasteiger partial charge is 0.211 e. The molecule has 53 valence electrons. The lowest BCUT2D eigenvalue weighted by Crippen LogP contribution is -1.77. The molecule has 0 aliphatic heterocycles. The number of benzene rings is 1. The maximum absolute atomic E-state index is 9.00. The predicted octanol–water partition coefficient (Wildman–Crippen LogP) is 1.74. The van der Waals surface area contributed by atoms with Gasteiger partial charge in [0.1, 0.15) is 0 Å². The van der Waals surface area contributed by atoms with Crippen molar-refractivity contribution in [3.05, 3.63) is 36.4 Å². The van der Waals surface area contributed by atoms with Gasteiger partial charge in [-0.05, 0) is 6.07 Å². The van der Waals surface area contributed by atoms with Crippen molar-refractivity contribution in [2.24, 2.45) is 0 Å². The molecule has 2 heteroatoms. The Labute approximate surface area is 64.1 Å². The third kappa shape index (κ3) is 1.03. The molecule has 1 heterocycles. The molecule has 2 rings (SSSR count). The zero-order valence-electron chi connectivity index (χ0n) is 5.78. The average Bonchev–Trinajstić information content (AvgIpc) is 2.04. The van der Waals surface area contributed by atoms with Gasteiger partial charge in [-0.1, -0.05) is 18.2 Å². The molecule has 0 bridgehead atoms. The molecule has 0 unspecified atom stereocenters. The van der Waals surface area contributed by atoms with Gasteiger partial charge in [0.05, 0.1) is 5.52 Å². The van der Waals surface area contributed by atoms with Gasteiger partial charge in [0.2, 0.25) is 5.88 Å². The molecule has 1 radical (unpaired) electrons. The SMILES string of the molecule is Oc1ccc2ccc[c]c2n1. The van der Waals surface area contributed by atoms with Crippen LogP contribution in [0.15, 0.2) is 30.3 Å². The highest BCUT2D eigenvalue weighted by Crippen LogP contribution is 2.13. The summed E-state index contributed by atoms with van der Waals surface area (Å²) < 4.78 is 0. The second-order valence-electron chi connectivity index (χ2n) is 2.28. The van der Waals surface area contributed by atoms with Crippen molar-refractivity contribution in [1.29, 1.82) is 0 Å². The van der Waals surface area contributed by atoms with Crippen LogP contribution in [0.25, 0.3) is 10.9 Å². The number of aromatic nitrogens is 1. The van der Waals surface area contributed by atoms with Crippen molar-refractivity contribution >= 4 is 10.9 Å². The number of fused-ring (bicyclic) bond motifs is 1. The zero-order valence-corrected chi connectivity index (χ0v) is 5.78. The highest BCUT2D eigenvalue weighted by Gasteiger charge is 1.93. The maximum atomic E-state index is 9.00. The Morgan fingerprint density at radius 1 is 1.27 bits per heavy atom. The molecule has 0 saturated heterocycles. The molecule has 2 nitrogen and oxygen atoms in total. The Balaban J connectivity index is 2.83. The molecule has 2 aromatic rings. The van der Waals surface area contributed by atoms with Crippen LogP contribution in [0, 0.1) is 6.07 Å². The van der Waals surface area contributed by atoms with Gasteiger partial charge in [0.25, 0.3) is 0 Å². The van der Waals surface area contributed by atoms with E-state index in [4.69, 9.17) is 5.11 Å². The number of nitrogens with zero attached hydrogens (tertiary/aromatic N) is 1. The maximum Gasteiger partial charge on any atom is 0.211 e. The molecule has 0 aliphatic rings. The molecule has 0 saturated carbocycles. The summed E-state index contributed by atoms with van der Waals surface area (Å²) in [7, 11) is 0. The Morgan fingerprint density at radius 2 is 2.18 bits per heavy atom. The van der Waals surface area contributed by atoms with Gasteiger partial charge in [0.15, 0.2) is 0 Å². The molecule has 0 spiro atoms. The van der Waals surface area contributed by atoms with Crippen LogP contribution in [-0.2, 0) is 0 Å². The highest BCUT2D eigenvalue weighted by molar-refractivity contribution is 5.78. The second-order valence-corrected chi connectivity index (χ2v) is 2.28. The van der Waals surface area contributed by atoms with Gasteiger partial charge in [-0.3, -0.25) is 0 Å². The third-order valence-corrected chi connectivity index (χ3v) is 1.50. The van der Waals surface area contributed by atoms with Crippen LogP contribution in [0.4, 0.5) is 0 Å². The van der Waals surface area contributed by atoms with Crippen LogP contribution in [0.5, 0.6) is 5.88 Å². The predicted molar refractivity (Wildman–Crippen MR) is 42.2 cm³/mol. The molecule has 0 atom stereocenters. The number of rotatable bonds is 0. The highest BCUT2D eigenvalue weighted by atomic mass is 16.3. The Kier molecular flexibility index (Phi) is 1.25. The fourth-order valence-corrected chi connectivity index (χ4v) is 0.989. The van der Waals surface area contributed by atoms with Crippen LogP contribution in [-0.4, -0.2) is 10.1 Å². The van der Waals surface area contributed by atoms with E-state index in [1.54, 1.807) is 12.1 Å². The van der Waals surface area contributed by atoms with E-state index in [9.17, 15) is 0 Å². The van der Waals surface area contributed by atoms with E-state index in [1.165, 1.54) is 0 Å². The van der Waals surface area contributed by atoms with Gasteiger partial charge < -0.3 is 5.11 Å². The first kappa shape index (κ1) is 6.16. The van der Waals surface area contributed by atoms with Crippen molar-refractivity contribution in [1.82, 2.24) is 4.98 Å². The normalized spacial score (nSPS) is 10.2. The number of hydrogen-bond acceptors (Lipinski definition) is 2. The van der Waals surface area contributed by atoms with Crippen LogP contribution < -0.4 is 0 Å². The summed E-state index contributed by atoms with van der Waals surface area (Å²) in [5, 5.41) is 9.99. The summed E-state index contributed by atoms with van der Waals surface area (Å²) in [4.78, 5) is 3.88. The summed E-state index contributed by atoms with van der Waals surface area (Å²) in [6.07, 6.45) is 0. The number of aromatic hydroxyl groups is 1. The molecule has 0 aliphatic carbocycles. The van der Waals surface area contributed by atoms with Crippen LogP contribution >= 0.6 is 0 Å². The van der Waals surface area contributed by atoms with Gasteiger partial charge in [-0.25, -0.2) is 4.98 Å². The largest absolute Gasteiger partial charge is 0.493 e. The molecule has 11 heavy (non-hydrogen) atoms. The van der Waals surface area contributed by atoms with Crippen LogP contribution in [0.1, 0.15) is 0 Å². The number of para-hydroxylation sites is 1. The van der Waals surface area contributed by atoms with Gasteiger partial charge in [-0.15, -0.1) is 0 Å². The van der Waals surface area contributed by atoms with E-state index in [0.717, 1.165) is 5.39 Å². The summed E-state index contributed by atoms with van der Waals surface area (Å²) in [6.45, 7) is 0. The summed E-state index contributed by atoms with van der Waals surface area (Å²) >= 11 is 0. The zero-order chi connectivity index (χ0) is 7.68. The lowest BCUT2D eigenvalue weighted by molar-refractivity contribution is 0.456. The number of pyridine rings is 1.